The molecule has 4 rings (SSSR count). The van der Waals surface area contributed by atoms with Gasteiger partial charge in [-0.1, -0.05) is 19.1 Å². The summed E-state index contributed by atoms with van der Waals surface area (Å²) in [6.07, 6.45) is 8.10. The lowest BCUT2D eigenvalue weighted by molar-refractivity contribution is 0.0689. The highest BCUT2D eigenvalue weighted by molar-refractivity contribution is 5.97. The molecule has 1 aromatic carbocycles. The number of fused-ring (bicyclic) bond motifs is 1. The first-order chi connectivity index (χ1) is 13.1. The van der Waals surface area contributed by atoms with E-state index in [9.17, 15) is 4.79 Å². The molecule has 0 spiro atoms. The molecule has 2 aromatic heterocycles. The Morgan fingerprint density at radius 3 is 2.63 bits per heavy atom. The summed E-state index contributed by atoms with van der Waals surface area (Å²) in [6.45, 7) is 5.81. The number of piperidine rings is 1. The Morgan fingerprint density at radius 2 is 1.89 bits per heavy atom. The first kappa shape index (κ1) is 17.6. The maximum Gasteiger partial charge on any atom is 0.253 e. The van der Waals surface area contributed by atoms with Crippen LogP contribution in [0.5, 0.6) is 0 Å². The van der Waals surface area contributed by atoms with E-state index in [0.717, 1.165) is 49.1 Å². The smallest absolute Gasteiger partial charge is 0.253 e. The zero-order chi connectivity index (χ0) is 18.8. The number of hydrogen-bond acceptors (Lipinski definition) is 5. The highest BCUT2D eigenvalue weighted by atomic mass is 16.2. The van der Waals surface area contributed by atoms with E-state index < -0.39 is 0 Å². The monoisotopic (exact) mass is 364 g/mol. The third kappa shape index (κ3) is 3.82. The number of carbonyl (C=O) groups is 1. The Morgan fingerprint density at radius 1 is 1.15 bits per heavy atom. The molecule has 3 heterocycles. The standard InChI is InChI=1S/C20H24N6O/c1-14(2)11-16-13-26(24-23-16)17-5-9-25(10-6-17)20(27)15-3-4-18-19(12-15)22-8-7-21-18/h3-4,7-8,12-14,17H,5-6,9-11H2,1-2H3. The first-order valence-corrected chi connectivity index (χ1v) is 9.51. The van der Waals surface area contributed by atoms with Crippen molar-refractivity contribution in [2.75, 3.05) is 13.1 Å². The molecular formula is C20H24N6O. The Bertz CT molecular complexity index is 942. The van der Waals surface area contributed by atoms with E-state index in [1.54, 1.807) is 12.4 Å². The first-order valence-electron chi connectivity index (χ1n) is 9.51. The predicted molar refractivity (Wildman–Crippen MR) is 102 cm³/mol. The Balaban J connectivity index is 1.40. The van der Waals surface area contributed by atoms with Crippen LogP contribution in [0.15, 0.2) is 36.8 Å². The van der Waals surface area contributed by atoms with Crippen molar-refractivity contribution in [1.29, 1.82) is 0 Å². The molecule has 0 N–H and O–H groups in total. The Hall–Kier alpha value is -2.83. The maximum atomic E-state index is 12.9. The lowest BCUT2D eigenvalue weighted by Crippen LogP contribution is -2.39. The SMILES string of the molecule is CC(C)Cc1cn(C2CCN(C(=O)c3ccc4nccnc4c3)CC2)nn1. The summed E-state index contributed by atoms with van der Waals surface area (Å²) >= 11 is 0. The second-order valence-corrected chi connectivity index (χ2v) is 7.57. The van der Waals surface area contributed by atoms with Crippen LogP contribution < -0.4 is 0 Å². The molecule has 1 fully saturated rings. The van der Waals surface area contributed by atoms with E-state index in [0.29, 0.717) is 17.5 Å². The molecule has 1 amide bonds. The van der Waals surface area contributed by atoms with Gasteiger partial charge in [0.2, 0.25) is 0 Å². The van der Waals surface area contributed by atoms with Gasteiger partial charge < -0.3 is 4.90 Å². The van der Waals surface area contributed by atoms with Crippen molar-refractivity contribution in [3.05, 3.63) is 48.0 Å². The summed E-state index contributed by atoms with van der Waals surface area (Å²) in [4.78, 5) is 23.3. The number of amides is 1. The molecule has 1 aliphatic heterocycles. The van der Waals surface area contributed by atoms with Crippen LogP contribution in [0.3, 0.4) is 0 Å². The van der Waals surface area contributed by atoms with Gasteiger partial charge in [0.05, 0.1) is 22.8 Å². The molecule has 0 saturated carbocycles. The largest absolute Gasteiger partial charge is 0.338 e. The fraction of sp³-hybridized carbons (Fsp3) is 0.450. The number of likely N-dealkylation sites (tertiary alicyclic amines) is 1. The summed E-state index contributed by atoms with van der Waals surface area (Å²) in [5.41, 5.74) is 3.26. The number of aromatic nitrogens is 5. The van der Waals surface area contributed by atoms with E-state index in [-0.39, 0.29) is 5.91 Å². The van der Waals surface area contributed by atoms with Crippen molar-refractivity contribution in [2.45, 2.75) is 39.2 Å². The van der Waals surface area contributed by atoms with Crippen LogP contribution in [-0.2, 0) is 6.42 Å². The molecule has 0 radical (unpaired) electrons. The molecule has 7 nitrogen and oxygen atoms in total. The second kappa shape index (κ2) is 7.42. The number of rotatable bonds is 4. The third-order valence-electron chi connectivity index (χ3n) is 5.02. The van der Waals surface area contributed by atoms with E-state index in [1.165, 1.54) is 0 Å². The molecule has 1 saturated heterocycles. The zero-order valence-electron chi connectivity index (χ0n) is 15.7. The van der Waals surface area contributed by atoms with Crippen molar-refractivity contribution in [2.24, 2.45) is 5.92 Å². The predicted octanol–water partition coefficient (Wildman–Crippen LogP) is 2.90. The summed E-state index contributed by atoms with van der Waals surface area (Å²) in [7, 11) is 0. The molecule has 7 heteroatoms. The van der Waals surface area contributed by atoms with Gasteiger partial charge >= 0.3 is 0 Å². The van der Waals surface area contributed by atoms with E-state index in [2.05, 4.69) is 40.3 Å². The molecule has 140 valence electrons. The van der Waals surface area contributed by atoms with Crippen LogP contribution in [0.1, 0.15) is 48.8 Å². The second-order valence-electron chi connectivity index (χ2n) is 7.57. The van der Waals surface area contributed by atoms with Crippen LogP contribution in [-0.4, -0.2) is 48.9 Å². The van der Waals surface area contributed by atoms with Gasteiger partial charge in [-0.15, -0.1) is 5.10 Å². The van der Waals surface area contributed by atoms with Gasteiger partial charge in [-0.25, -0.2) is 4.68 Å². The van der Waals surface area contributed by atoms with Crippen LogP contribution in [0.4, 0.5) is 0 Å². The average Bonchev–Trinajstić information content (AvgIpc) is 3.15. The average molecular weight is 364 g/mol. The fourth-order valence-electron chi connectivity index (χ4n) is 3.62. The lowest BCUT2D eigenvalue weighted by atomic mass is 10.0. The number of hydrogen-bond donors (Lipinski definition) is 0. The quantitative estimate of drug-likeness (QED) is 0.711. The topological polar surface area (TPSA) is 76.8 Å². The van der Waals surface area contributed by atoms with Crippen molar-refractivity contribution in [3.8, 4) is 0 Å². The van der Waals surface area contributed by atoms with Crippen LogP contribution >= 0.6 is 0 Å². The molecule has 27 heavy (non-hydrogen) atoms. The van der Waals surface area contributed by atoms with Gasteiger partial charge in [0.1, 0.15) is 0 Å². The van der Waals surface area contributed by atoms with Gasteiger partial charge in [0.25, 0.3) is 5.91 Å². The molecule has 0 atom stereocenters. The van der Waals surface area contributed by atoms with E-state index in [4.69, 9.17) is 0 Å². The molecular weight excluding hydrogens is 340 g/mol. The molecule has 1 aliphatic rings. The van der Waals surface area contributed by atoms with Crippen molar-refractivity contribution in [1.82, 2.24) is 29.9 Å². The van der Waals surface area contributed by atoms with Gasteiger partial charge in [-0.2, -0.15) is 0 Å². The third-order valence-corrected chi connectivity index (χ3v) is 5.02. The van der Waals surface area contributed by atoms with Crippen LogP contribution in [0.25, 0.3) is 11.0 Å². The molecule has 3 aromatic rings. The van der Waals surface area contributed by atoms with Crippen LogP contribution in [0.2, 0.25) is 0 Å². The molecule has 0 aliphatic carbocycles. The highest BCUT2D eigenvalue weighted by Gasteiger charge is 2.25. The zero-order valence-corrected chi connectivity index (χ0v) is 15.7. The highest BCUT2D eigenvalue weighted by Crippen LogP contribution is 2.24. The van der Waals surface area contributed by atoms with E-state index in [1.807, 2.05) is 27.8 Å². The van der Waals surface area contributed by atoms with Gasteiger partial charge in [0, 0.05) is 37.2 Å². The van der Waals surface area contributed by atoms with Crippen molar-refractivity contribution >= 4 is 16.9 Å². The fourth-order valence-corrected chi connectivity index (χ4v) is 3.62. The minimum absolute atomic E-state index is 0.0556. The Kier molecular flexibility index (Phi) is 4.83. The Labute approximate surface area is 158 Å². The summed E-state index contributed by atoms with van der Waals surface area (Å²) in [6, 6.07) is 5.83. The summed E-state index contributed by atoms with van der Waals surface area (Å²) in [5, 5.41) is 8.58. The van der Waals surface area contributed by atoms with Crippen LogP contribution in [0, 0.1) is 5.92 Å². The van der Waals surface area contributed by atoms with Gasteiger partial charge in [-0.3, -0.25) is 14.8 Å². The normalized spacial score (nSPS) is 15.6. The minimum atomic E-state index is 0.0556. The van der Waals surface area contributed by atoms with Gasteiger partial charge in [-0.05, 0) is 43.4 Å². The van der Waals surface area contributed by atoms with E-state index >= 15 is 0 Å². The molecule has 0 unspecified atom stereocenters. The van der Waals surface area contributed by atoms with Crippen molar-refractivity contribution < 1.29 is 4.79 Å². The number of benzene rings is 1. The summed E-state index contributed by atoms with van der Waals surface area (Å²) < 4.78 is 1.98. The number of carbonyl (C=O) groups excluding carboxylic acids is 1. The number of nitrogens with zero attached hydrogens (tertiary/aromatic N) is 6. The van der Waals surface area contributed by atoms with Gasteiger partial charge in [0.15, 0.2) is 0 Å². The van der Waals surface area contributed by atoms with Crippen molar-refractivity contribution in [3.63, 3.8) is 0 Å². The minimum Gasteiger partial charge on any atom is -0.338 e. The lowest BCUT2D eigenvalue weighted by Gasteiger charge is -2.32. The molecule has 0 bridgehead atoms. The summed E-state index contributed by atoms with van der Waals surface area (Å²) in [5.74, 6) is 0.626. The maximum absolute atomic E-state index is 12.9.